The van der Waals surface area contributed by atoms with Crippen LogP contribution in [0.1, 0.15) is 19.3 Å². The van der Waals surface area contributed by atoms with Crippen molar-refractivity contribution in [3.63, 3.8) is 0 Å². The minimum absolute atomic E-state index is 0.0143. The predicted octanol–water partition coefficient (Wildman–Crippen LogP) is 3.40. The first-order valence-electron chi connectivity index (χ1n) is 9.60. The average molecular weight is 397 g/mol. The van der Waals surface area contributed by atoms with Crippen molar-refractivity contribution in [3.8, 4) is 0 Å². The fourth-order valence-electron chi connectivity index (χ4n) is 3.73. The molecule has 1 N–H and O–H groups in total. The Morgan fingerprint density at radius 2 is 1.89 bits per heavy atom. The summed E-state index contributed by atoms with van der Waals surface area (Å²) in [5.41, 5.74) is 1.51. The maximum atomic E-state index is 12.6. The number of benzene rings is 1. The number of aromatic nitrogens is 1. The third kappa shape index (κ3) is 3.99. The summed E-state index contributed by atoms with van der Waals surface area (Å²) in [7, 11) is 0. The number of rotatable bonds is 5. The van der Waals surface area contributed by atoms with E-state index in [2.05, 4.69) is 15.2 Å². The fourth-order valence-corrected chi connectivity index (χ4v) is 4.14. The molecular formula is C21H24N4O2S. The second-order valence-corrected chi connectivity index (χ2v) is 8.07. The summed E-state index contributed by atoms with van der Waals surface area (Å²) < 4.78 is 0. The van der Waals surface area contributed by atoms with Crippen LogP contribution < -0.4 is 15.1 Å². The van der Waals surface area contributed by atoms with Gasteiger partial charge >= 0.3 is 0 Å². The average Bonchev–Trinajstić information content (AvgIpc) is 3.39. The van der Waals surface area contributed by atoms with Crippen molar-refractivity contribution in [2.24, 2.45) is 5.92 Å². The maximum Gasteiger partial charge on any atom is 0.229 e. The van der Waals surface area contributed by atoms with Crippen LogP contribution in [0.25, 0.3) is 0 Å². The van der Waals surface area contributed by atoms with Gasteiger partial charge in [0.15, 0.2) is 0 Å². The second-order valence-electron chi connectivity index (χ2n) is 7.19. The van der Waals surface area contributed by atoms with Crippen LogP contribution in [0.3, 0.4) is 0 Å². The van der Waals surface area contributed by atoms with E-state index in [1.807, 2.05) is 42.7 Å². The Hall–Kier alpha value is -2.54. The first kappa shape index (κ1) is 18.8. The number of carbonyl (C=O) groups excluding carboxylic acids is 2. The van der Waals surface area contributed by atoms with Crippen LogP contribution in [0.15, 0.2) is 47.5 Å². The highest BCUT2D eigenvalue weighted by atomic mass is 32.2. The van der Waals surface area contributed by atoms with E-state index in [0.29, 0.717) is 12.2 Å². The molecule has 6 nitrogen and oxygen atoms in total. The zero-order valence-corrected chi connectivity index (χ0v) is 16.7. The number of anilines is 3. The Kier molecular flexibility index (Phi) is 5.52. The Labute approximate surface area is 169 Å². The smallest absolute Gasteiger partial charge is 0.229 e. The van der Waals surface area contributed by atoms with Gasteiger partial charge in [0.2, 0.25) is 11.8 Å². The van der Waals surface area contributed by atoms with Gasteiger partial charge in [0.1, 0.15) is 5.82 Å². The quantitative estimate of drug-likeness (QED) is 0.785. The number of nitrogens with zero attached hydrogens (tertiary/aromatic N) is 3. The van der Waals surface area contributed by atoms with Crippen molar-refractivity contribution < 1.29 is 9.59 Å². The molecule has 1 aromatic heterocycles. The van der Waals surface area contributed by atoms with Crippen molar-refractivity contribution in [1.29, 1.82) is 0 Å². The summed E-state index contributed by atoms with van der Waals surface area (Å²) in [5, 5.41) is 2.91. The first-order valence-corrected chi connectivity index (χ1v) is 10.8. The maximum absolute atomic E-state index is 12.6. The third-order valence-electron chi connectivity index (χ3n) is 5.33. The van der Waals surface area contributed by atoms with E-state index >= 15 is 0 Å². The van der Waals surface area contributed by atoms with E-state index in [0.717, 1.165) is 29.5 Å². The van der Waals surface area contributed by atoms with Crippen molar-refractivity contribution in [2.75, 3.05) is 41.0 Å². The molecule has 28 heavy (non-hydrogen) atoms. The Morgan fingerprint density at radius 3 is 2.54 bits per heavy atom. The highest BCUT2D eigenvalue weighted by molar-refractivity contribution is 7.98. The summed E-state index contributed by atoms with van der Waals surface area (Å²) in [6, 6.07) is 11.7. The molecule has 2 saturated heterocycles. The molecule has 2 aromatic rings. The van der Waals surface area contributed by atoms with Gasteiger partial charge in [-0.15, -0.1) is 11.8 Å². The molecule has 0 radical (unpaired) electrons. The zero-order chi connectivity index (χ0) is 19.5. The van der Waals surface area contributed by atoms with Gasteiger partial charge in [-0.1, -0.05) is 0 Å². The van der Waals surface area contributed by atoms with Gasteiger partial charge in [0.25, 0.3) is 0 Å². The minimum atomic E-state index is -0.356. The molecule has 0 spiro atoms. The molecule has 2 aliphatic rings. The highest BCUT2D eigenvalue weighted by Gasteiger charge is 2.35. The minimum Gasteiger partial charge on any atom is -0.357 e. The molecule has 4 rings (SSSR count). The number of hydrogen-bond acceptors (Lipinski definition) is 5. The van der Waals surface area contributed by atoms with Gasteiger partial charge in [-0.25, -0.2) is 4.98 Å². The summed E-state index contributed by atoms with van der Waals surface area (Å²) in [6.07, 6.45) is 6.35. The van der Waals surface area contributed by atoms with Crippen LogP contribution in [0.2, 0.25) is 0 Å². The topological polar surface area (TPSA) is 65.5 Å². The molecule has 1 atom stereocenters. The van der Waals surface area contributed by atoms with Gasteiger partial charge in [0, 0.05) is 36.6 Å². The SMILES string of the molecule is CSc1ccc(N2C[C@@H](C(=O)Nc3ccc(N4CCCC4)nc3)CC2=O)cc1. The predicted molar refractivity (Wildman–Crippen MR) is 113 cm³/mol. The van der Waals surface area contributed by atoms with Crippen molar-refractivity contribution >= 4 is 40.8 Å². The van der Waals surface area contributed by atoms with Gasteiger partial charge in [-0.05, 0) is 55.5 Å². The molecule has 0 saturated carbocycles. The summed E-state index contributed by atoms with van der Waals surface area (Å²) in [6.45, 7) is 2.48. The van der Waals surface area contributed by atoms with Crippen LogP contribution in [-0.2, 0) is 9.59 Å². The van der Waals surface area contributed by atoms with E-state index in [1.165, 1.54) is 12.8 Å². The molecule has 0 aliphatic carbocycles. The zero-order valence-electron chi connectivity index (χ0n) is 15.9. The molecule has 2 amide bonds. The molecule has 1 aromatic carbocycles. The van der Waals surface area contributed by atoms with Crippen LogP contribution in [-0.4, -0.2) is 42.7 Å². The highest BCUT2D eigenvalue weighted by Crippen LogP contribution is 2.28. The number of carbonyl (C=O) groups is 2. The standard InChI is InChI=1S/C21H24N4O2S/c1-28-18-7-5-17(6-8-18)25-14-15(12-20(25)26)21(27)23-16-4-9-19(22-13-16)24-10-2-3-11-24/h4-9,13,15H,2-3,10-12,14H2,1H3,(H,23,27)/t15-/m0/s1. The molecule has 0 unspecified atom stereocenters. The van der Waals surface area contributed by atoms with Gasteiger partial charge in [-0.2, -0.15) is 0 Å². The number of hydrogen-bond donors (Lipinski definition) is 1. The normalized spacial score (nSPS) is 19.3. The van der Waals surface area contributed by atoms with Gasteiger partial charge in [-0.3, -0.25) is 9.59 Å². The Bertz CT molecular complexity index is 848. The van der Waals surface area contributed by atoms with E-state index in [9.17, 15) is 9.59 Å². The van der Waals surface area contributed by atoms with Crippen LogP contribution in [0.5, 0.6) is 0 Å². The Balaban J connectivity index is 1.37. The lowest BCUT2D eigenvalue weighted by molar-refractivity contribution is -0.122. The van der Waals surface area contributed by atoms with Gasteiger partial charge in [0.05, 0.1) is 17.8 Å². The van der Waals surface area contributed by atoms with Crippen molar-refractivity contribution in [2.45, 2.75) is 24.2 Å². The Morgan fingerprint density at radius 1 is 1.14 bits per heavy atom. The molecule has 7 heteroatoms. The fraction of sp³-hybridized carbons (Fsp3) is 0.381. The first-order chi connectivity index (χ1) is 13.6. The van der Waals surface area contributed by atoms with Crippen molar-refractivity contribution in [1.82, 2.24) is 4.98 Å². The molecule has 0 bridgehead atoms. The summed E-state index contributed by atoms with van der Waals surface area (Å²) >= 11 is 1.66. The van der Waals surface area contributed by atoms with E-state index in [1.54, 1.807) is 22.9 Å². The second kappa shape index (κ2) is 8.22. The molecule has 2 aliphatic heterocycles. The molecular weight excluding hydrogens is 372 g/mol. The summed E-state index contributed by atoms with van der Waals surface area (Å²) in [5.74, 6) is 0.448. The lowest BCUT2D eigenvalue weighted by Crippen LogP contribution is -2.28. The number of pyridine rings is 1. The van der Waals surface area contributed by atoms with E-state index in [-0.39, 0.29) is 24.2 Å². The van der Waals surface area contributed by atoms with Crippen LogP contribution in [0, 0.1) is 5.92 Å². The molecule has 3 heterocycles. The van der Waals surface area contributed by atoms with Gasteiger partial charge < -0.3 is 15.1 Å². The number of nitrogens with one attached hydrogen (secondary N) is 1. The van der Waals surface area contributed by atoms with Crippen molar-refractivity contribution in [3.05, 3.63) is 42.6 Å². The van der Waals surface area contributed by atoms with E-state index in [4.69, 9.17) is 0 Å². The largest absolute Gasteiger partial charge is 0.357 e. The monoisotopic (exact) mass is 396 g/mol. The third-order valence-corrected chi connectivity index (χ3v) is 6.07. The van der Waals surface area contributed by atoms with E-state index < -0.39 is 0 Å². The summed E-state index contributed by atoms with van der Waals surface area (Å²) in [4.78, 5) is 34.6. The number of amides is 2. The van der Waals surface area contributed by atoms with Crippen LogP contribution >= 0.6 is 11.8 Å². The molecule has 146 valence electrons. The molecule has 2 fully saturated rings. The van der Waals surface area contributed by atoms with Crippen LogP contribution in [0.4, 0.5) is 17.2 Å². The lowest BCUT2D eigenvalue weighted by Gasteiger charge is -2.18. The number of thioether (sulfide) groups is 1. The lowest BCUT2D eigenvalue weighted by atomic mass is 10.1.